The third-order valence-corrected chi connectivity index (χ3v) is 7.75. The number of amides is 2. The van der Waals surface area contributed by atoms with E-state index < -0.39 is 0 Å². The van der Waals surface area contributed by atoms with Gasteiger partial charge < -0.3 is 19.9 Å². The van der Waals surface area contributed by atoms with Gasteiger partial charge in [-0.25, -0.2) is 0 Å². The van der Waals surface area contributed by atoms with Crippen LogP contribution < -0.4 is 15.0 Å². The van der Waals surface area contributed by atoms with Gasteiger partial charge in [0.2, 0.25) is 0 Å². The first kappa shape index (κ1) is 26.1. The molecule has 2 amide bonds. The smallest absolute Gasteiger partial charge is 0.262 e. The predicted octanol–water partition coefficient (Wildman–Crippen LogP) is 6.37. The maximum atomic E-state index is 12.7. The van der Waals surface area contributed by atoms with E-state index in [-0.39, 0.29) is 18.4 Å². The fourth-order valence-corrected chi connectivity index (χ4v) is 5.44. The van der Waals surface area contributed by atoms with E-state index in [0.717, 1.165) is 24.5 Å². The second-order valence-electron chi connectivity index (χ2n) is 10.1. The van der Waals surface area contributed by atoms with Gasteiger partial charge in [0.25, 0.3) is 11.8 Å². The first-order valence-electron chi connectivity index (χ1n) is 13.5. The van der Waals surface area contributed by atoms with E-state index in [0.29, 0.717) is 35.3 Å². The maximum absolute atomic E-state index is 12.7. The summed E-state index contributed by atoms with van der Waals surface area (Å²) in [5, 5.41) is 3.53. The molecule has 0 bridgehead atoms. The molecule has 0 atom stereocenters. The fraction of sp³-hybridized carbons (Fsp3) is 0.355. The second-order valence-corrected chi connectivity index (χ2v) is 10.5. The lowest BCUT2D eigenvalue weighted by atomic mass is 9.84. The largest absolute Gasteiger partial charge is 0.484 e. The first-order chi connectivity index (χ1) is 18.5. The minimum atomic E-state index is -0.191. The van der Waals surface area contributed by atoms with Crippen molar-refractivity contribution in [3.05, 3.63) is 88.9 Å². The Morgan fingerprint density at radius 3 is 2.13 bits per heavy atom. The fourth-order valence-electron chi connectivity index (χ4n) is 5.32. The summed E-state index contributed by atoms with van der Waals surface area (Å²) >= 11 is 5.94. The molecule has 0 spiro atoms. The van der Waals surface area contributed by atoms with E-state index in [9.17, 15) is 9.59 Å². The van der Waals surface area contributed by atoms with Crippen molar-refractivity contribution < 1.29 is 14.3 Å². The number of rotatable bonds is 7. The van der Waals surface area contributed by atoms with Crippen molar-refractivity contribution in [2.45, 2.75) is 38.0 Å². The molecule has 0 radical (unpaired) electrons. The van der Waals surface area contributed by atoms with Gasteiger partial charge in [-0.1, -0.05) is 43.0 Å². The molecule has 2 fully saturated rings. The van der Waals surface area contributed by atoms with Crippen molar-refractivity contribution in [2.24, 2.45) is 0 Å². The van der Waals surface area contributed by atoms with Crippen LogP contribution in [0.15, 0.2) is 72.8 Å². The minimum absolute atomic E-state index is 0.0294. The zero-order valence-electron chi connectivity index (χ0n) is 21.6. The Hall–Kier alpha value is -3.51. The van der Waals surface area contributed by atoms with E-state index in [1.165, 1.54) is 37.7 Å². The molecule has 1 N–H and O–H groups in total. The number of anilines is 2. The van der Waals surface area contributed by atoms with Crippen LogP contribution in [0.4, 0.5) is 11.4 Å². The quantitative estimate of drug-likeness (QED) is 0.385. The highest BCUT2D eigenvalue weighted by Crippen LogP contribution is 2.33. The van der Waals surface area contributed by atoms with Crippen LogP contribution in [0.3, 0.4) is 0 Å². The van der Waals surface area contributed by atoms with E-state index in [2.05, 4.69) is 22.3 Å². The van der Waals surface area contributed by atoms with Crippen LogP contribution in [-0.4, -0.2) is 49.5 Å². The van der Waals surface area contributed by atoms with Gasteiger partial charge in [-0.3, -0.25) is 9.59 Å². The van der Waals surface area contributed by atoms with E-state index in [4.69, 9.17) is 16.3 Å². The zero-order valence-corrected chi connectivity index (χ0v) is 22.3. The Bertz CT molecular complexity index is 1210. The molecule has 198 valence electrons. The third kappa shape index (κ3) is 6.67. The molecule has 1 saturated carbocycles. The van der Waals surface area contributed by atoms with Gasteiger partial charge in [0.15, 0.2) is 6.61 Å². The van der Waals surface area contributed by atoms with Gasteiger partial charge in [0.05, 0.1) is 0 Å². The van der Waals surface area contributed by atoms with Crippen molar-refractivity contribution in [3.63, 3.8) is 0 Å². The van der Waals surface area contributed by atoms with Crippen LogP contribution in [-0.2, 0) is 4.79 Å². The van der Waals surface area contributed by atoms with Crippen molar-refractivity contribution in [1.82, 2.24) is 4.90 Å². The Morgan fingerprint density at radius 1 is 0.816 bits per heavy atom. The van der Waals surface area contributed by atoms with Crippen LogP contribution in [0.5, 0.6) is 5.75 Å². The minimum Gasteiger partial charge on any atom is -0.484 e. The highest BCUT2D eigenvalue weighted by molar-refractivity contribution is 6.30. The molecule has 1 heterocycles. The van der Waals surface area contributed by atoms with Crippen molar-refractivity contribution in [3.8, 4) is 5.75 Å². The molecular formula is C31H34ClN3O3. The molecule has 3 aromatic carbocycles. The number of benzene rings is 3. The van der Waals surface area contributed by atoms with Gasteiger partial charge in [-0.2, -0.15) is 0 Å². The zero-order chi connectivity index (χ0) is 26.3. The molecule has 1 aliphatic heterocycles. The molecule has 0 aromatic heterocycles. The molecule has 5 rings (SSSR count). The Morgan fingerprint density at radius 2 is 1.47 bits per heavy atom. The highest BCUT2D eigenvalue weighted by atomic mass is 35.5. The van der Waals surface area contributed by atoms with E-state index >= 15 is 0 Å². The summed E-state index contributed by atoms with van der Waals surface area (Å²) in [4.78, 5) is 29.3. The normalized spacial score (nSPS) is 16.2. The Labute approximate surface area is 229 Å². The van der Waals surface area contributed by atoms with Crippen LogP contribution in [0, 0.1) is 0 Å². The number of ether oxygens (including phenoxy) is 1. The van der Waals surface area contributed by atoms with Crippen molar-refractivity contribution in [1.29, 1.82) is 0 Å². The summed E-state index contributed by atoms with van der Waals surface area (Å²) in [6.07, 6.45) is 6.50. The summed E-state index contributed by atoms with van der Waals surface area (Å²) < 4.78 is 5.71. The lowest BCUT2D eigenvalue weighted by Crippen LogP contribution is -2.48. The van der Waals surface area contributed by atoms with Crippen molar-refractivity contribution >= 4 is 34.8 Å². The molecule has 6 nitrogen and oxygen atoms in total. The highest BCUT2D eigenvalue weighted by Gasteiger charge is 2.22. The average molecular weight is 532 g/mol. The molecule has 38 heavy (non-hydrogen) atoms. The SMILES string of the molecule is O=C(COc1ccc(C2CCCCC2)cc1)Nc1ccc(N2CCN(C(=O)c3ccc(Cl)cc3)CC2)cc1. The van der Waals surface area contributed by atoms with Crippen LogP contribution in [0.2, 0.25) is 5.02 Å². The van der Waals surface area contributed by atoms with E-state index in [1.54, 1.807) is 24.3 Å². The van der Waals surface area contributed by atoms with Gasteiger partial charge in [0.1, 0.15) is 5.75 Å². The number of hydrogen-bond acceptors (Lipinski definition) is 4. The van der Waals surface area contributed by atoms with Crippen LogP contribution in [0.25, 0.3) is 0 Å². The molecule has 3 aromatic rings. The number of nitrogens with one attached hydrogen (secondary N) is 1. The van der Waals surface area contributed by atoms with Crippen molar-refractivity contribution in [2.75, 3.05) is 43.0 Å². The molecule has 7 heteroatoms. The molecule has 1 aliphatic carbocycles. The number of nitrogens with zero attached hydrogens (tertiary/aromatic N) is 2. The maximum Gasteiger partial charge on any atom is 0.262 e. The predicted molar refractivity (Wildman–Crippen MR) is 152 cm³/mol. The summed E-state index contributed by atoms with van der Waals surface area (Å²) in [7, 11) is 0. The molecule has 1 saturated heterocycles. The number of hydrogen-bond donors (Lipinski definition) is 1. The lowest BCUT2D eigenvalue weighted by molar-refractivity contribution is -0.118. The summed E-state index contributed by atoms with van der Waals surface area (Å²) in [6.45, 7) is 2.77. The topological polar surface area (TPSA) is 61.9 Å². The molecule has 2 aliphatic rings. The van der Waals surface area contributed by atoms with Gasteiger partial charge in [0, 0.05) is 48.1 Å². The number of carbonyl (C=O) groups excluding carboxylic acids is 2. The standard InChI is InChI=1S/C31H34ClN3O3/c32-26-10-6-25(7-11-26)31(37)35-20-18-34(19-21-35)28-14-12-27(13-15-28)33-30(36)22-38-29-16-8-24(9-17-29)23-4-2-1-3-5-23/h6-17,23H,1-5,18-22H2,(H,33,36). The molecule has 0 unspecified atom stereocenters. The first-order valence-corrected chi connectivity index (χ1v) is 13.9. The lowest BCUT2D eigenvalue weighted by Gasteiger charge is -2.36. The third-order valence-electron chi connectivity index (χ3n) is 7.50. The Balaban J connectivity index is 1.06. The summed E-state index contributed by atoms with van der Waals surface area (Å²) in [5.74, 6) is 1.21. The van der Waals surface area contributed by atoms with Gasteiger partial charge in [-0.15, -0.1) is 0 Å². The summed E-state index contributed by atoms with van der Waals surface area (Å²) in [6, 6.07) is 23.0. The molecular weight excluding hydrogens is 498 g/mol. The second kappa shape index (κ2) is 12.4. The number of carbonyl (C=O) groups is 2. The number of halogens is 1. The monoisotopic (exact) mass is 531 g/mol. The van der Waals surface area contributed by atoms with E-state index in [1.807, 2.05) is 41.3 Å². The summed E-state index contributed by atoms with van der Waals surface area (Å²) in [5.41, 5.74) is 3.82. The van der Waals surface area contributed by atoms with Gasteiger partial charge >= 0.3 is 0 Å². The van der Waals surface area contributed by atoms with Crippen LogP contribution in [0.1, 0.15) is 53.9 Å². The Kier molecular flexibility index (Phi) is 8.49. The number of piperazine rings is 1. The van der Waals surface area contributed by atoms with Crippen LogP contribution >= 0.6 is 11.6 Å². The van der Waals surface area contributed by atoms with Gasteiger partial charge in [-0.05, 0) is 85.0 Å². The average Bonchev–Trinajstić information content (AvgIpc) is 2.97.